The number of alkyl carbamates (subject to hydrolysis) is 1. The van der Waals surface area contributed by atoms with Gasteiger partial charge in [-0.15, -0.1) is 6.58 Å². The highest BCUT2D eigenvalue weighted by Crippen LogP contribution is 2.47. The van der Waals surface area contributed by atoms with E-state index in [4.69, 9.17) is 19.2 Å². The van der Waals surface area contributed by atoms with E-state index in [1.165, 1.54) is 11.0 Å². The van der Waals surface area contributed by atoms with Gasteiger partial charge in [-0.05, 0) is 88.3 Å². The number of aromatic nitrogens is 1. The summed E-state index contributed by atoms with van der Waals surface area (Å²) in [6.45, 7) is 16.3. The molecule has 4 fully saturated rings. The van der Waals surface area contributed by atoms with Gasteiger partial charge in [0.05, 0.1) is 29.0 Å². The van der Waals surface area contributed by atoms with E-state index in [0.717, 1.165) is 56.0 Å². The molecular weight excluding hydrogens is 801 g/mol. The fourth-order valence-electron chi connectivity index (χ4n) is 8.63. The van der Waals surface area contributed by atoms with Crippen LogP contribution in [0.2, 0.25) is 0 Å². The summed E-state index contributed by atoms with van der Waals surface area (Å²) in [5, 5.41) is 10.0. The third-order valence-corrected chi connectivity index (χ3v) is 15.2. The smallest absolute Gasteiger partial charge is 0.408 e. The van der Waals surface area contributed by atoms with E-state index in [2.05, 4.69) is 41.1 Å². The van der Waals surface area contributed by atoms with Gasteiger partial charge in [0.2, 0.25) is 27.7 Å². The lowest BCUT2D eigenvalue weighted by atomic mass is 9.85. The number of ether oxygens (including phenoxy) is 3. The lowest BCUT2D eigenvalue weighted by Crippen LogP contribution is -2.60. The zero-order valence-electron chi connectivity index (χ0n) is 36.5. The summed E-state index contributed by atoms with van der Waals surface area (Å²) in [6, 6.07) is 5.87. The number of carbonyl (C=O) groups is 4. The second-order valence-corrected chi connectivity index (χ2v) is 21.6. The summed E-state index contributed by atoms with van der Waals surface area (Å²) in [5.41, 5.74) is -0.875. The van der Waals surface area contributed by atoms with Crippen LogP contribution in [0.15, 0.2) is 36.9 Å². The fraction of sp³-hybridized carbons (Fsp3) is 0.667. The first kappa shape index (κ1) is 44.6. The van der Waals surface area contributed by atoms with Gasteiger partial charge in [-0.2, -0.15) is 0 Å². The highest BCUT2D eigenvalue weighted by molar-refractivity contribution is 7.91. The molecule has 1 aromatic heterocycles. The lowest BCUT2D eigenvalue weighted by Gasteiger charge is -2.35. The Labute approximate surface area is 359 Å². The molecule has 334 valence electrons. The molecule has 7 rings (SSSR count). The number of nitrogens with one attached hydrogen (secondary N) is 4. The standard InChI is InChI=1S/C45H64N6O9S/c1-8-29-25-45(29,41(54)50-61(56,57)44(7)19-20-44)49-38(52)34-24-30-26-51(34)40(53)37(43(4,5)6)48-42(55)60-35-23-28(35)15-10-9-11-17-32-36(58-22-14-21-46-27(2)3)31-16-12-13-18-33(31)47-39(32)59-30/h8,12-13,16,18,27-30,34-35,37,46H,1,9-11,14-15,17,19-26H2,2-7H3,(H,48,55)(H,49,52)(H,50,54)/t28-,29?,30-,34+,35-,37-,45-/m1/s1. The second kappa shape index (κ2) is 17.4. The first-order valence-electron chi connectivity index (χ1n) is 22.1. The first-order valence-corrected chi connectivity index (χ1v) is 23.6. The van der Waals surface area contributed by atoms with Crippen LogP contribution in [0.5, 0.6) is 11.6 Å². The molecule has 2 aliphatic heterocycles. The van der Waals surface area contributed by atoms with E-state index in [0.29, 0.717) is 49.1 Å². The Morgan fingerprint density at radius 1 is 1.11 bits per heavy atom. The van der Waals surface area contributed by atoms with Crippen LogP contribution in [0.3, 0.4) is 0 Å². The highest BCUT2D eigenvalue weighted by atomic mass is 32.2. The summed E-state index contributed by atoms with van der Waals surface area (Å²) in [4.78, 5) is 63.0. The fourth-order valence-corrected chi connectivity index (χ4v) is 9.94. The molecular formula is C45H64N6O9S. The number of pyridine rings is 1. The van der Waals surface area contributed by atoms with Crippen LogP contribution < -0.4 is 30.1 Å². The molecule has 1 aromatic carbocycles. The second-order valence-electron chi connectivity index (χ2n) is 19.4. The van der Waals surface area contributed by atoms with Gasteiger partial charge in [-0.1, -0.05) is 65.7 Å². The number of hydrogen-bond acceptors (Lipinski definition) is 11. The third kappa shape index (κ3) is 9.80. The Morgan fingerprint density at radius 2 is 1.87 bits per heavy atom. The van der Waals surface area contributed by atoms with E-state index in [-0.39, 0.29) is 31.4 Å². The zero-order valence-corrected chi connectivity index (χ0v) is 37.3. The van der Waals surface area contributed by atoms with Crippen molar-refractivity contribution in [1.29, 1.82) is 0 Å². The Bertz CT molecular complexity index is 2130. The lowest BCUT2D eigenvalue weighted by molar-refractivity contribution is -0.142. The summed E-state index contributed by atoms with van der Waals surface area (Å²) >= 11 is 0. The molecule has 7 atom stereocenters. The molecule has 4 amide bonds. The molecule has 2 aromatic rings. The number of carbonyl (C=O) groups excluding carboxylic acids is 4. The minimum Gasteiger partial charge on any atom is -0.492 e. The summed E-state index contributed by atoms with van der Waals surface area (Å²) in [6.07, 6.45) is 6.68. The van der Waals surface area contributed by atoms with Crippen LogP contribution in [0.4, 0.5) is 4.79 Å². The number of para-hydroxylation sites is 1. The largest absolute Gasteiger partial charge is 0.492 e. The van der Waals surface area contributed by atoms with E-state index in [1.807, 2.05) is 45.0 Å². The molecule has 0 radical (unpaired) electrons. The summed E-state index contributed by atoms with van der Waals surface area (Å²) in [7, 11) is -4.01. The average molecular weight is 865 g/mol. The van der Waals surface area contributed by atoms with E-state index < -0.39 is 73.6 Å². The quantitative estimate of drug-likeness (QED) is 0.165. The van der Waals surface area contributed by atoms with Gasteiger partial charge < -0.3 is 35.1 Å². The average Bonchev–Trinajstić information content (AvgIpc) is 4.15. The van der Waals surface area contributed by atoms with Crippen molar-refractivity contribution in [1.82, 2.24) is 30.6 Å². The third-order valence-electron chi connectivity index (χ3n) is 13.0. The minimum atomic E-state index is -4.01. The van der Waals surface area contributed by atoms with Crippen molar-refractivity contribution in [2.75, 3.05) is 19.7 Å². The molecule has 1 unspecified atom stereocenters. The van der Waals surface area contributed by atoms with Gasteiger partial charge in [0.1, 0.15) is 35.6 Å². The molecule has 4 N–H and O–H groups in total. The number of nitrogens with zero attached hydrogens (tertiary/aromatic N) is 2. The van der Waals surface area contributed by atoms with E-state index in [1.54, 1.807) is 6.92 Å². The Hall–Kier alpha value is -4.44. The Balaban J connectivity index is 1.23. The molecule has 61 heavy (non-hydrogen) atoms. The number of benzene rings is 1. The molecule has 3 saturated carbocycles. The topological polar surface area (TPSA) is 194 Å². The molecule has 16 heteroatoms. The molecule has 2 bridgehead atoms. The maximum atomic E-state index is 14.8. The number of sulfonamides is 1. The Morgan fingerprint density at radius 3 is 2.56 bits per heavy atom. The molecule has 3 heterocycles. The maximum absolute atomic E-state index is 14.8. The van der Waals surface area contributed by atoms with Gasteiger partial charge >= 0.3 is 6.09 Å². The van der Waals surface area contributed by atoms with Gasteiger partial charge in [0.15, 0.2) is 0 Å². The van der Waals surface area contributed by atoms with Crippen molar-refractivity contribution in [3.05, 3.63) is 42.5 Å². The maximum Gasteiger partial charge on any atom is 0.408 e. The summed E-state index contributed by atoms with van der Waals surface area (Å²) < 4.78 is 46.7. The SMILES string of the molecule is C=CC1C[C@]1(NC(=O)[C@@H]1C[C@@H]2CN1C(=O)[C@H](C(C)(C)C)NC(=O)O[C@@H]1C[C@H]1CCCCCc1c(nc3ccccc3c1OCCCNC(C)C)O2)C(=O)NS(=O)(=O)C1(C)CC1. The number of amides is 4. The van der Waals surface area contributed by atoms with Crippen LogP contribution in [0.1, 0.15) is 111 Å². The molecule has 3 aliphatic carbocycles. The van der Waals surface area contributed by atoms with Crippen LogP contribution in [-0.4, -0.2) is 102 Å². The predicted molar refractivity (Wildman–Crippen MR) is 230 cm³/mol. The van der Waals surface area contributed by atoms with Crippen molar-refractivity contribution >= 4 is 44.7 Å². The summed E-state index contributed by atoms with van der Waals surface area (Å²) in [5.74, 6) is -1.23. The molecule has 15 nitrogen and oxygen atoms in total. The molecule has 5 aliphatic rings. The van der Waals surface area contributed by atoms with E-state index >= 15 is 0 Å². The van der Waals surface area contributed by atoms with Gasteiger partial charge in [0, 0.05) is 23.8 Å². The highest BCUT2D eigenvalue weighted by Gasteiger charge is 2.63. The van der Waals surface area contributed by atoms with Gasteiger partial charge in [-0.3, -0.25) is 19.1 Å². The van der Waals surface area contributed by atoms with Gasteiger partial charge in [-0.25, -0.2) is 18.2 Å². The normalized spacial score (nSPS) is 28.8. The number of fused-ring (bicyclic) bond motifs is 5. The van der Waals surface area contributed by atoms with Gasteiger partial charge in [0.25, 0.3) is 5.91 Å². The van der Waals surface area contributed by atoms with Crippen LogP contribution in [-0.2, 0) is 35.6 Å². The number of rotatable bonds is 12. The van der Waals surface area contributed by atoms with Crippen LogP contribution in [0.25, 0.3) is 10.9 Å². The minimum absolute atomic E-state index is 0.0282. The zero-order chi connectivity index (χ0) is 43.9. The van der Waals surface area contributed by atoms with Crippen molar-refractivity contribution in [3.63, 3.8) is 0 Å². The van der Waals surface area contributed by atoms with Crippen molar-refractivity contribution in [2.45, 2.75) is 153 Å². The monoisotopic (exact) mass is 864 g/mol. The predicted octanol–water partition coefficient (Wildman–Crippen LogP) is 5.06. The van der Waals surface area contributed by atoms with Crippen LogP contribution in [0, 0.1) is 17.3 Å². The Kier molecular flexibility index (Phi) is 12.7. The van der Waals surface area contributed by atoms with Crippen molar-refractivity contribution in [2.24, 2.45) is 17.3 Å². The van der Waals surface area contributed by atoms with Crippen LogP contribution >= 0.6 is 0 Å². The first-order chi connectivity index (χ1) is 28.9. The number of hydrogen-bond donors (Lipinski definition) is 4. The van der Waals surface area contributed by atoms with Crippen molar-refractivity contribution < 1.29 is 41.8 Å². The van der Waals surface area contributed by atoms with E-state index in [9.17, 15) is 27.6 Å². The molecule has 0 spiro atoms. The molecule has 1 saturated heterocycles. The van der Waals surface area contributed by atoms with Crippen molar-refractivity contribution in [3.8, 4) is 11.6 Å².